The van der Waals surface area contributed by atoms with Gasteiger partial charge in [0, 0.05) is 5.02 Å². The van der Waals surface area contributed by atoms with E-state index < -0.39 is 11.6 Å². The van der Waals surface area contributed by atoms with Gasteiger partial charge < -0.3 is 15.4 Å². The molecule has 1 unspecified atom stereocenters. The summed E-state index contributed by atoms with van der Waals surface area (Å²) in [6, 6.07) is 11.7. The summed E-state index contributed by atoms with van der Waals surface area (Å²) in [4.78, 5) is 27.5. The summed E-state index contributed by atoms with van der Waals surface area (Å²) in [6.07, 6.45) is 0. The van der Waals surface area contributed by atoms with Crippen molar-refractivity contribution >= 4 is 40.5 Å². The van der Waals surface area contributed by atoms with Crippen LogP contribution >= 0.6 is 11.6 Å². The van der Waals surface area contributed by atoms with Gasteiger partial charge in [0.25, 0.3) is 5.91 Å². The van der Waals surface area contributed by atoms with Gasteiger partial charge >= 0.3 is 0 Å². The Hall–Kier alpha value is -2.73. The molecule has 1 atom stereocenters. The molecular formula is C20H22ClN3O3. The summed E-state index contributed by atoms with van der Waals surface area (Å²) in [6.45, 7) is 5.29. The fourth-order valence-electron chi connectivity index (χ4n) is 3.11. The van der Waals surface area contributed by atoms with E-state index in [-0.39, 0.29) is 11.8 Å². The van der Waals surface area contributed by atoms with Gasteiger partial charge in [0.2, 0.25) is 5.91 Å². The summed E-state index contributed by atoms with van der Waals surface area (Å²) >= 11 is 6.03. The zero-order valence-electron chi connectivity index (χ0n) is 15.7. The van der Waals surface area contributed by atoms with Crippen molar-refractivity contribution in [2.24, 2.45) is 0 Å². The number of fused-ring (bicyclic) bond motifs is 1. The van der Waals surface area contributed by atoms with Crippen LogP contribution in [0.2, 0.25) is 5.02 Å². The Balaban J connectivity index is 1.93. The number of anilines is 3. The molecule has 0 radical (unpaired) electrons. The molecule has 2 amide bonds. The lowest BCUT2D eigenvalue weighted by Gasteiger charge is -2.42. The van der Waals surface area contributed by atoms with Crippen LogP contribution in [-0.4, -0.2) is 30.5 Å². The van der Waals surface area contributed by atoms with Crippen LogP contribution in [0.4, 0.5) is 17.1 Å². The summed E-state index contributed by atoms with van der Waals surface area (Å²) in [5, 5.41) is 6.52. The third-order valence-electron chi connectivity index (χ3n) is 4.55. The van der Waals surface area contributed by atoms with Crippen LogP contribution in [0.5, 0.6) is 5.75 Å². The molecule has 2 N–H and O–H groups in total. The molecule has 1 aliphatic rings. The monoisotopic (exact) mass is 387 g/mol. The first-order valence-electron chi connectivity index (χ1n) is 8.60. The van der Waals surface area contributed by atoms with Gasteiger partial charge in [-0.05, 0) is 51.1 Å². The van der Waals surface area contributed by atoms with Crippen LogP contribution in [-0.2, 0) is 9.59 Å². The first kappa shape index (κ1) is 19.0. The largest absolute Gasteiger partial charge is 0.495 e. The predicted octanol–water partition coefficient (Wildman–Crippen LogP) is 3.91. The second-order valence-electron chi connectivity index (χ2n) is 6.95. The van der Waals surface area contributed by atoms with Crippen molar-refractivity contribution in [3.63, 3.8) is 0 Å². The first-order chi connectivity index (χ1) is 12.7. The van der Waals surface area contributed by atoms with Crippen LogP contribution in [0.15, 0.2) is 42.5 Å². The fraction of sp³-hybridized carbons (Fsp3) is 0.300. The van der Waals surface area contributed by atoms with Gasteiger partial charge in [0.05, 0.1) is 24.2 Å². The topological polar surface area (TPSA) is 70.7 Å². The van der Waals surface area contributed by atoms with Crippen molar-refractivity contribution in [2.75, 3.05) is 22.6 Å². The van der Waals surface area contributed by atoms with Crippen molar-refractivity contribution in [1.29, 1.82) is 0 Å². The van der Waals surface area contributed by atoms with E-state index in [1.165, 1.54) is 12.0 Å². The van der Waals surface area contributed by atoms with E-state index in [1.807, 2.05) is 24.3 Å². The van der Waals surface area contributed by atoms with Gasteiger partial charge in [-0.15, -0.1) is 0 Å². The summed E-state index contributed by atoms with van der Waals surface area (Å²) in [5.41, 5.74) is 1.11. The highest BCUT2D eigenvalue weighted by atomic mass is 35.5. The Labute approximate surface area is 163 Å². The standard InChI is InChI=1S/C20H22ClN3O3/c1-12(18(25)22-15-11-13(21)9-10-17(15)27-4)24-16-8-6-5-7-14(16)23-20(2,3)19(24)26/h5-12,23H,1-4H3,(H,22,25). The minimum absolute atomic E-state index is 0.179. The Morgan fingerprint density at radius 2 is 1.96 bits per heavy atom. The molecule has 1 aliphatic heterocycles. The maximum atomic E-state index is 13.0. The predicted molar refractivity (Wildman–Crippen MR) is 108 cm³/mol. The maximum Gasteiger partial charge on any atom is 0.252 e. The number of carbonyl (C=O) groups is 2. The number of amides is 2. The third-order valence-corrected chi connectivity index (χ3v) is 4.79. The van der Waals surface area contributed by atoms with Crippen LogP contribution in [0, 0.1) is 0 Å². The van der Waals surface area contributed by atoms with E-state index in [2.05, 4.69) is 10.6 Å². The second-order valence-corrected chi connectivity index (χ2v) is 7.39. The van der Waals surface area contributed by atoms with Gasteiger partial charge in [-0.1, -0.05) is 23.7 Å². The molecule has 0 spiro atoms. The summed E-state index contributed by atoms with van der Waals surface area (Å²) < 4.78 is 5.27. The molecule has 2 aromatic carbocycles. The van der Waals surface area contributed by atoms with Gasteiger partial charge in [0.1, 0.15) is 17.3 Å². The van der Waals surface area contributed by atoms with Crippen molar-refractivity contribution in [3.05, 3.63) is 47.5 Å². The van der Waals surface area contributed by atoms with Gasteiger partial charge in [-0.2, -0.15) is 0 Å². The Morgan fingerprint density at radius 3 is 2.67 bits per heavy atom. The number of methoxy groups -OCH3 is 1. The minimum Gasteiger partial charge on any atom is -0.495 e. The third kappa shape index (κ3) is 3.57. The molecule has 0 saturated heterocycles. The molecule has 1 heterocycles. The van der Waals surface area contributed by atoms with E-state index in [4.69, 9.17) is 16.3 Å². The van der Waals surface area contributed by atoms with Crippen molar-refractivity contribution in [2.45, 2.75) is 32.4 Å². The number of para-hydroxylation sites is 2. The average Bonchev–Trinajstić information content (AvgIpc) is 2.62. The SMILES string of the molecule is COc1ccc(Cl)cc1NC(=O)C(C)N1C(=O)C(C)(C)Nc2ccccc21. The molecule has 7 heteroatoms. The van der Waals surface area contributed by atoms with Crippen LogP contribution in [0.25, 0.3) is 0 Å². The number of nitrogens with one attached hydrogen (secondary N) is 2. The highest BCUT2D eigenvalue weighted by Crippen LogP contribution is 2.37. The number of halogens is 1. The molecule has 0 saturated carbocycles. The van der Waals surface area contributed by atoms with Crippen molar-refractivity contribution in [1.82, 2.24) is 0 Å². The quantitative estimate of drug-likeness (QED) is 0.834. The smallest absolute Gasteiger partial charge is 0.252 e. The molecule has 27 heavy (non-hydrogen) atoms. The molecule has 3 rings (SSSR count). The molecule has 2 aromatic rings. The average molecular weight is 388 g/mol. The van der Waals surface area contributed by atoms with E-state index in [9.17, 15) is 9.59 Å². The van der Waals surface area contributed by atoms with Crippen LogP contribution < -0.4 is 20.3 Å². The molecule has 0 aliphatic carbocycles. The van der Waals surface area contributed by atoms with E-state index in [0.717, 1.165) is 5.69 Å². The second kappa shape index (κ2) is 7.12. The molecule has 0 aromatic heterocycles. The lowest BCUT2D eigenvalue weighted by Crippen LogP contribution is -2.58. The Morgan fingerprint density at radius 1 is 1.26 bits per heavy atom. The van der Waals surface area contributed by atoms with Crippen LogP contribution in [0.1, 0.15) is 20.8 Å². The lowest BCUT2D eigenvalue weighted by atomic mass is 9.96. The molecular weight excluding hydrogens is 366 g/mol. The van der Waals surface area contributed by atoms with Gasteiger partial charge in [-0.3, -0.25) is 14.5 Å². The van der Waals surface area contributed by atoms with Crippen molar-refractivity contribution < 1.29 is 14.3 Å². The number of ether oxygens (including phenoxy) is 1. The van der Waals surface area contributed by atoms with Gasteiger partial charge in [0.15, 0.2) is 0 Å². The number of hydrogen-bond donors (Lipinski definition) is 2. The Bertz CT molecular complexity index is 898. The number of nitrogens with zero attached hydrogens (tertiary/aromatic N) is 1. The highest BCUT2D eigenvalue weighted by Gasteiger charge is 2.42. The van der Waals surface area contributed by atoms with E-state index >= 15 is 0 Å². The number of benzene rings is 2. The fourth-order valence-corrected chi connectivity index (χ4v) is 3.28. The zero-order valence-corrected chi connectivity index (χ0v) is 16.4. The molecule has 0 fully saturated rings. The molecule has 142 valence electrons. The summed E-state index contributed by atoms with van der Waals surface area (Å²) in [7, 11) is 1.51. The highest BCUT2D eigenvalue weighted by molar-refractivity contribution is 6.31. The first-order valence-corrected chi connectivity index (χ1v) is 8.97. The number of carbonyl (C=O) groups excluding carboxylic acids is 2. The van der Waals surface area contributed by atoms with Crippen LogP contribution in [0.3, 0.4) is 0 Å². The zero-order chi connectivity index (χ0) is 19.8. The Kier molecular flexibility index (Phi) is 5.02. The van der Waals surface area contributed by atoms with E-state index in [1.54, 1.807) is 39.0 Å². The summed E-state index contributed by atoms with van der Waals surface area (Å²) in [5.74, 6) is -0.0225. The molecule has 6 nitrogen and oxygen atoms in total. The lowest BCUT2D eigenvalue weighted by molar-refractivity contribution is -0.125. The van der Waals surface area contributed by atoms with E-state index in [0.29, 0.717) is 22.1 Å². The number of hydrogen-bond acceptors (Lipinski definition) is 4. The molecule has 0 bridgehead atoms. The van der Waals surface area contributed by atoms with Gasteiger partial charge in [-0.25, -0.2) is 0 Å². The van der Waals surface area contributed by atoms with Crippen molar-refractivity contribution in [3.8, 4) is 5.75 Å². The normalized spacial score (nSPS) is 16.2. The number of rotatable bonds is 4. The maximum absolute atomic E-state index is 13.0. The minimum atomic E-state index is -0.823.